The summed E-state index contributed by atoms with van der Waals surface area (Å²) in [5.41, 5.74) is 11.8. The van der Waals surface area contributed by atoms with Gasteiger partial charge in [0.25, 0.3) is 0 Å². The summed E-state index contributed by atoms with van der Waals surface area (Å²) in [6, 6.07) is 65.6. The van der Waals surface area contributed by atoms with E-state index in [9.17, 15) is 0 Å². The molecule has 0 aliphatic rings. The first-order valence-electron chi connectivity index (χ1n) is 18.5. The quantitative estimate of drug-likeness (QED) is 0.148. The minimum Gasteiger partial charge on any atom is -0.208 e. The molecule has 0 radical (unpaired) electrons. The smallest absolute Gasteiger partial charge is 0.164 e. The highest BCUT2D eigenvalue weighted by molar-refractivity contribution is 5.90. The average Bonchev–Trinajstić information content (AvgIpc) is 3.26. The lowest BCUT2D eigenvalue weighted by molar-refractivity contribution is 1.07. The van der Waals surface area contributed by atoms with Crippen LogP contribution < -0.4 is 0 Å². The molecule has 3 nitrogen and oxygen atoms in total. The number of nitrogens with zero attached hydrogens (tertiary/aromatic N) is 3. The van der Waals surface area contributed by atoms with Crippen LogP contribution in [0.15, 0.2) is 195 Å². The van der Waals surface area contributed by atoms with Gasteiger partial charge in [-0.15, -0.1) is 0 Å². The molecular weight excluding hydrogens is 667 g/mol. The molecule has 260 valence electrons. The van der Waals surface area contributed by atoms with Crippen LogP contribution in [0.5, 0.6) is 0 Å². The lowest BCUT2D eigenvalue weighted by Crippen LogP contribution is -2.00. The van der Waals surface area contributed by atoms with Crippen molar-refractivity contribution in [2.75, 3.05) is 0 Å². The molecule has 1 heterocycles. The van der Waals surface area contributed by atoms with Crippen molar-refractivity contribution >= 4 is 38.8 Å². The second-order valence-electron chi connectivity index (χ2n) is 13.8. The predicted molar refractivity (Wildman–Crippen MR) is 231 cm³/mol. The molecule has 0 spiro atoms. The monoisotopic (exact) mass is 703 g/mol. The molecule has 9 aromatic rings. The zero-order valence-corrected chi connectivity index (χ0v) is 30.5. The molecule has 0 unspecified atom stereocenters. The van der Waals surface area contributed by atoms with Crippen LogP contribution >= 0.6 is 0 Å². The molecule has 0 atom stereocenters. The van der Waals surface area contributed by atoms with Crippen LogP contribution in [0.25, 0.3) is 84.1 Å². The molecule has 55 heavy (non-hydrogen) atoms. The molecule has 0 saturated heterocycles. The van der Waals surface area contributed by atoms with Crippen molar-refractivity contribution in [1.82, 2.24) is 15.0 Å². The second kappa shape index (κ2) is 14.7. The number of hydrogen-bond donors (Lipinski definition) is 0. The van der Waals surface area contributed by atoms with Gasteiger partial charge in [-0.05, 0) is 85.1 Å². The number of benzene rings is 8. The van der Waals surface area contributed by atoms with Crippen LogP contribution in [0.3, 0.4) is 0 Å². The highest BCUT2D eigenvalue weighted by atomic mass is 15.0. The fourth-order valence-corrected chi connectivity index (χ4v) is 7.16. The van der Waals surface area contributed by atoms with Crippen LogP contribution in [-0.4, -0.2) is 15.0 Å². The van der Waals surface area contributed by atoms with Crippen LogP contribution in [-0.2, 0) is 0 Å². The van der Waals surface area contributed by atoms with Gasteiger partial charge in [0, 0.05) is 16.7 Å². The summed E-state index contributed by atoms with van der Waals surface area (Å²) < 4.78 is 0. The Morgan fingerprint density at radius 3 is 1.49 bits per heavy atom. The molecule has 3 heteroatoms. The van der Waals surface area contributed by atoms with E-state index >= 15 is 0 Å². The molecule has 0 aliphatic heterocycles. The van der Waals surface area contributed by atoms with Crippen molar-refractivity contribution in [1.29, 1.82) is 0 Å². The molecular formula is C52H37N3. The van der Waals surface area contributed by atoms with Crippen molar-refractivity contribution in [3.63, 3.8) is 0 Å². The van der Waals surface area contributed by atoms with E-state index in [0.717, 1.165) is 61.0 Å². The number of rotatable bonds is 8. The molecule has 8 aromatic carbocycles. The van der Waals surface area contributed by atoms with Gasteiger partial charge in [-0.1, -0.05) is 189 Å². The van der Waals surface area contributed by atoms with Crippen molar-refractivity contribution in [3.8, 4) is 45.3 Å². The highest BCUT2D eigenvalue weighted by Crippen LogP contribution is 2.32. The Morgan fingerprint density at radius 1 is 0.400 bits per heavy atom. The SMILES string of the molecule is C=C(c1ccccc1)c1ccccc1/C=C(\C)c1ccc(-c2nc(-c3ccc(-c4ccc5ccccc5c4)cc3)nc(-c3ccc4ccccc4c3)n2)cc1. The molecule has 0 aliphatic carbocycles. The fraction of sp³-hybridized carbons (Fsp3) is 0.0192. The van der Waals surface area contributed by atoms with Crippen LogP contribution in [0, 0.1) is 0 Å². The van der Waals surface area contributed by atoms with E-state index in [1.807, 2.05) is 6.07 Å². The minimum atomic E-state index is 0.629. The summed E-state index contributed by atoms with van der Waals surface area (Å²) in [5.74, 6) is 1.90. The van der Waals surface area contributed by atoms with Gasteiger partial charge in [0.1, 0.15) is 0 Å². The van der Waals surface area contributed by atoms with Crippen LogP contribution in [0.1, 0.15) is 29.2 Å². The summed E-state index contributed by atoms with van der Waals surface area (Å²) >= 11 is 0. The zero-order chi connectivity index (χ0) is 37.1. The van der Waals surface area contributed by atoms with Crippen LogP contribution in [0.4, 0.5) is 0 Å². The lowest BCUT2D eigenvalue weighted by Gasteiger charge is -2.12. The van der Waals surface area contributed by atoms with Gasteiger partial charge in [0.2, 0.25) is 0 Å². The van der Waals surface area contributed by atoms with E-state index in [1.54, 1.807) is 0 Å². The summed E-state index contributed by atoms with van der Waals surface area (Å²) in [6.45, 7) is 6.58. The number of aromatic nitrogens is 3. The minimum absolute atomic E-state index is 0.629. The third-order valence-corrected chi connectivity index (χ3v) is 10.2. The van der Waals surface area contributed by atoms with Crippen molar-refractivity contribution in [2.24, 2.45) is 0 Å². The third kappa shape index (κ3) is 6.99. The van der Waals surface area contributed by atoms with Gasteiger partial charge >= 0.3 is 0 Å². The van der Waals surface area contributed by atoms with E-state index in [-0.39, 0.29) is 0 Å². The molecule has 0 saturated carbocycles. The standard InChI is InChI=1S/C52H37N3/c1-35(32-47-18-10-11-19-49(47)36(2)38-12-4-3-5-13-38)37-20-26-42(27-21-37)50-53-51(55-52(54-50)48-31-25-40-15-7-9-17-45(40)34-48)43-28-22-41(23-29-43)46-30-24-39-14-6-8-16-44(39)33-46/h3-34H,2H2,1H3/b35-32+. The summed E-state index contributed by atoms with van der Waals surface area (Å²) in [6.07, 6.45) is 2.24. The van der Waals surface area contributed by atoms with E-state index in [2.05, 4.69) is 202 Å². The van der Waals surface area contributed by atoms with Crippen LogP contribution in [0.2, 0.25) is 0 Å². The van der Waals surface area contributed by atoms with E-state index in [0.29, 0.717) is 17.5 Å². The van der Waals surface area contributed by atoms with E-state index in [1.165, 1.54) is 21.7 Å². The van der Waals surface area contributed by atoms with Crippen molar-refractivity contribution in [3.05, 3.63) is 217 Å². The van der Waals surface area contributed by atoms with E-state index < -0.39 is 0 Å². The van der Waals surface area contributed by atoms with E-state index in [4.69, 9.17) is 15.0 Å². The predicted octanol–water partition coefficient (Wildman–Crippen LogP) is 13.5. The molecule has 0 bridgehead atoms. The first-order chi connectivity index (χ1) is 27.1. The van der Waals surface area contributed by atoms with Gasteiger partial charge in [-0.3, -0.25) is 0 Å². The zero-order valence-electron chi connectivity index (χ0n) is 30.5. The Labute approximate surface area is 321 Å². The Hall–Kier alpha value is -7.23. The van der Waals surface area contributed by atoms with Crippen molar-refractivity contribution < 1.29 is 0 Å². The average molecular weight is 704 g/mol. The molecule has 0 amide bonds. The summed E-state index contributed by atoms with van der Waals surface area (Å²) in [5, 5.41) is 4.78. The fourth-order valence-electron chi connectivity index (χ4n) is 7.16. The first-order valence-corrected chi connectivity index (χ1v) is 18.5. The number of hydrogen-bond acceptors (Lipinski definition) is 3. The molecule has 0 N–H and O–H groups in total. The maximum Gasteiger partial charge on any atom is 0.164 e. The molecule has 1 aromatic heterocycles. The van der Waals surface area contributed by atoms with Gasteiger partial charge in [0.05, 0.1) is 0 Å². The molecule has 9 rings (SSSR count). The topological polar surface area (TPSA) is 38.7 Å². The second-order valence-corrected chi connectivity index (χ2v) is 13.8. The van der Waals surface area contributed by atoms with Gasteiger partial charge < -0.3 is 0 Å². The van der Waals surface area contributed by atoms with Gasteiger partial charge in [0.15, 0.2) is 17.5 Å². The lowest BCUT2D eigenvalue weighted by atomic mass is 9.93. The Morgan fingerprint density at radius 2 is 0.855 bits per heavy atom. The summed E-state index contributed by atoms with van der Waals surface area (Å²) in [4.78, 5) is 15.2. The molecule has 0 fully saturated rings. The third-order valence-electron chi connectivity index (χ3n) is 10.2. The van der Waals surface area contributed by atoms with Gasteiger partial charge in [-0.25, -0.2) is 15.0 Å². The van der Waals surface area contributed by atoms with Crippen molar-refractivity contribution in [2.45, 2.75) is 6.92 Å². The van der Waals surface area contributed by atoms with Gasteiger partial charge in [-0.2, -0.15) is 0 Å². The largest absolute Gasteiger partial charge is 0.208 e. The maximum absolute atomic E-state index is 5.06. The Kier molecular flexibility index (Phi) is 8.95. The maximum atomic E-state index is 5.06. The highest BCUT2D eigenvalue weighted by Gasteiger charge is 2.14. The number of allylic oxidation sites excluding steroid dienone is 1. The normalized spacial score (nSPS) is 11.5. The number of fused-ring (bicyclic) bond motifs is 2. The summed E-state index contributed by atoms with van der Waals surface area (Å²) in [7, 11) is 0. The first kappa shape index (κ1) is 33.6. The Balaban J connectivity index is 1.07. The Bertz CT molecular complexity index is 2870.